The first-order chi connectivity index (χ1) is 10.6. The summed E-state index contributed by atoms with van der Waals surface area (Å²) in [5.74, 6) is 1.64. The highest BCUT2D eigenvalue weighted by atomic mass is 16.5. The van der Waals surface area contributed by atoms with Crippen molar-refractivity contribution >= 4 is 11.8 Å². The van der Waals surface area contributed by atoms with Crippen LogP contribution in [0.25, 0.3) is 0 Å². The molecule has 0 radical (unpaired) electrons. The zero-order valence-electron chi connectivity index (χ0n) is 12.8. The minimum absolute atomic E-state index is 0.239. The van der Waals surface area contributed by atoms with E-state index in [2.05, 4.69) is 21.8 Å². The quantitative estimate of drug-likeness (QED) is 0.914. The van der Waals surface area contributed by atoms with Crippen molar-refractivity contribution in [2.75, 3.05) is 11.9 Å². The van der Waals surface area contributed by atoms with Crippen LogP contribution in [-0.2, 0) is 20.0 Å². The van der Waals surface area contributed by atoms with Crippen molar-refractivity contribution in [2.24, 2.45) is 7.05 Å². The second-order valence-corrected chi connectivity index (χ2v) is 5.50. The fraction of sp³-hybridized carbons (Fsp3) is 0.375. The number of nitrogens with zero attached hydrogens (tertiary/aromatic N) is 2. The van der Waals surface area contributed by atoms with Gasteiger partial charge in [0.2, 0.25) is 0 Å². The lowest BCUT2D eigenvalue weighted by atomic mass is 10.0. The summed E-state index contributed by atoms with van der Waals surface area (Å²) in [5, 5.41) is 9.84. The van der Waals surface area contributed by atoms with Gasteiger partial charge in [-0.2, -0.15) is 5.10 Å². The molecule has 0 fully saturated rings. The number of aromatic nitrogens is 2. The second-order valence-electron chi connectivity index (χ2n) is 5.50. The van der Waals surface area contributed by atoms with Gasteiger partial charge in [0.25, 0.3) is 0 Å². The van der Waals surface area contributed by atoms with E-state index in [9.17, 15) is 4.79 Å². The summed E-state index contributed by atoms with van der Waals surface area (Å²) in [6.07, 6.45) is 2.08. The number of nitrogens with one attached hydrogen (secondary N) is 2. The molecule has 2 N–H and O–H groups in total. The highest BCUT2D eigenvalue weighted by molar-refractivity contribution is 5.88. The minimum atomic E-state index is -0.239. The number of rotatable bonds is 3. The topological polar surface area (TPSA) is 68.2 Å². The van der Waals surface area contributed by atoms with E-state index in [1.165, 1.54) is 5.56 Å². The summed E-state index contributed by atoms with van der Waals surface area (Å²) in [4.78, 5) is 11.9. The SMILES string of the molecule is Cc1cc(NC(=O)NCc2ccc3c(c2)CCCO3)n(C)n1. The molecule has 2 heterocycles. The third-order valence-corrected chi connectivity index (χ3v) is 3.67. The normalized spacial score (nSPS) is 13.2. The lowest BCUT2D eigenvalue weighted by molar-refractivity contribution is 0.251. The molecular weight excluding hydrogens is 280 g/mol. The molecule has 6 heteroatoms. The molecule has 0 saturated carbocycles. The molecule has 1 aliphatic heterocycles. The number of fused-ring (bicyclic) bond motifs is 1. The molecule has 2 aromatic rings. The summed E-state index contributed by atoms with van der Waals surface area (Å²) >= 11 is 0. The number of hydrogen-bond donors (Lipinski definition) is 2. The monoisotopic (exact) mass is 300 g/mol. The van der Waals surface area contributed by atoms with E-state index < -0.39 is 0 Å². The van der Waals surface area contributed by atoms with Crippen LogP contribution >= 0.6 is 0 Å². The molecule has 1 aliphatic rings. The van der Waals surface area contributed by atoms with E-state index in [-0.39, 0.29) is 6.03 Å². The Kier molecular flexibility index (Phi) is 4.00. The number of urea groups is 1. The third kappa shape index (κ3) is 3.21. The number of carbonyl (C=O) groups excluding carboxylic acids is 1. The molecule has 116 valence electrons. The van der Waals surface area contributed by atoms with Gasteiger partial charge in [-0.1, -0.05) is 12.1 Å². The van der Waals surface area contributed by atoms with E-state index in [0.29, 0.717) is 12.4 Å². The average molecular weight is 300 g/mol. The van der Waals surface area contributed by atoms with Gasteiger partial charge in [0, 0.05) is 19.7 Å². The number of aryl methyl sites for hydroxylation is 3. The van der Waals surface area contributed by atoms with Crippen LogP contribution < -0.4 is 15.4 Å². The predicted molar refractivity (Wildman–Crippen MR) is 84.1 cm³/mol. The first kappa shape index (κ1) is 14.4. The Morgan fingerprint density at radius 2 is 2.27 bits per heavy atom. The van der Waals surface area contributed by atoms with Gasteiger partial charge in [-0.15, -0.1) is 0 Å². The van der Waals surface area contributed by atoms with Crippen LogP contribution in [0, 0.1) is 6.92 Å². The highest BCUT2D eigenvalue weighted by Crippen LogP contribution is 2.25. The van der Waals surface area contributed by atoms with Crippen LogP contribution in [0.1, 0.15) is 23.2 Å². The van der Waals surface area contributed by atoms with Crippen molar-refractivity contribution in [3.63, 3.8) is 0 Å². The van der Waals surface area contributed by atoms with Crippen LogP contribution in [0.2, 0.25) is 0 Å². The molecule has 0 saturated heterocycles. The van der Waals surface area contributed by atoms with Crippen LogP contribution in [0.15, 0.2) is 24.3 Å². The smallest absolute Gasteiger partial charge is 0.320 e. The standard InChI is InChI=1S/C16H20N4O2/c1-11-8-15(20(2)19-11)18-16(21)17-10-12-5-6-14-13(9-12)4-3-7-22-14/h5-6,8-9H,3-4,7,10H2,1-2H3,(H2,17,18,21). The van der Waals surface area contributed by atoms with Gasteiger partial charge in [-0.05, 0) is 37.0 Å². The van der Waals surface area contributed by atoms with Gasteiger partial charge in [0.05, 0.1) is 12.3 Å². The van der Waals surface area contributed by atoms with Crippen molar-refractivity contribution in [3.05, 3.63) is 41.1 Å². The number of hydrogen-bond acceptors (Lipinski definition) is 3. The Bertz CT molecular complexity index is 693. The number of benzene rings is 1. The molecule has 0 bridgehead atoms. The number of ether oxygens (including phenoxy) is 1. The largest absolute Gasteiger partial charge is 0.493 e. The van der Waals surface area contributed by atoms with Crippen molar-refractivity contribution in [1.82, 2.24) is 15.1 Å². The number of amides is 2. The minimum Gasteiger partial charge on any atom is -0.493 e. The summed E-state index contributed by atoms with van der Waals surface area (Å²) < 4.78 is 7.23. The van der Waals surface area contributed by atoms with E-state index in [0.717, 1.165) is 36.5 Å². The first-order valence-electron chi connectivity index (χ1n) is 7.42. The molecule has 0 aliphatic carbocycles. The first-order valence-corrected chi connectivity index (χ1v) is 7.42. The van der Waals surface area contributed by atoms with Crippen LogP contribution in [-0.4, -0.2) is 22.4 Å². The fourth-order valence-corrected chi connectivity index (χ4v) is 2.59. The Morgan fingerprint density at radius 1 is 1.41 bits per heavy atom. The molecule has 6 nitrogen and oxygen atoms in total. The van der Waals surface area contributed by atoms with Crippen molar-refractivity contribution < 1.29 is 9.53 Å². The van der Waals surface area contributed by atoms with Crippen molar-refractivity contribution in [1.29, 1.82) is 0 Å². The Balaban J connectivity index is 1.58. The molecule has 1 aromatic carbocycles. The van der Waals surface area contributed by atoms with E-state index in [4.69, 9.17) is 4.74 Å². The van der Waals surface area contributed by atoms with E-state index >= 15 is 0 Å². The Hall–Kier alpha value is -2.50. The predicted octanol–water partition coefficient (Wildman–Crippen LogP) is 2.38. The zero-order valence-corrected chi connectivity index (χ0v) is 12.8. The van der Waals surface area contributed by atoms with E-state index in [1.54, 1.807) is 11.7 Å². The van der Waals surface area contributed by atoms with Gasteiger partial charge in [-0.25, -0.2) is 4.79 Å². The highest BCUT2D eigenvalue weighted by Gasteiger charge is 2.11. The Morgan fingerprint density at radius 3 is 3.05 bits per heavy atom. The molecule has 22 heavy (non-hydrogen) atoms. The summed E-state index contributed by atoms with van der Waals surface area (Å²) in [7, 11) is 1.80. The van der Waals surface area contributed by atoms with Gasteiger partial charge in [0.1, 0.15) is 11.6 Å². The van der Waals surface area contributed by atoms with Gasteiger partial charge >= 0.3 is 6.03 Å². The van der Waals surface area contributed by atoms with Crippen LogP contribution in [0.4, 0.5) is 10.6 Å². The lowest BCUT2D eigenvalue weighted by Crippen LogP contribution is -2.29. The molecule has 0 atom stereocenters. The van der Waals surface area contributed by atoms with Crippen LogP contribution in [0.3, 0.4) is 0 Å². The average Bonchev–Trinajstić information content (AvgIpc) is 2.82. The lowest BCUT2D eigenvalue weighted by Gasteiger charge is -2.18. The van der Waals surface area contributed by atoms with Crippen molar-refractivity contribution in [3.8, 4) is 5.75 Å². The molecule has 1 aromatic heterocycles. The van der Waals surface area contributed by atoms with Gasteiger partial charge < -0.3 is 10.1 Å². The van der Waals surface area contributed by atoms with Crippen molar-refractivity contribution in [2.45, 2.75) is 26.3 Å². The number of anilines is 1. The Labute approximate surface area is 129 Å². The summed E-state index contributed by atoms with van der Waals surface area (Å²) in [5.41, 5.74) is 3.15. The molecule has 0 unspecified atom stereocenters. The van der Waals surface area contributed by atoms with Gasteiger partial charge in [-0.3, -0.25) is 10.00 Å². The second kappa shape index (κ2) is 6.09. The summed E-state index contributed by atoms with van der Waals surface area (Å²) in [6.45, 7) is 3.16. The summed E-state index contributed by atoms with van der Waals surface area (Å²) in [6, 6.07) is 7.66. The maximum absolute atomic E-state index is 11.9. The fourth-order valence-electron chi connectivity index (χ4n) is 2.59. The molecule has 2 amide bonds. The maximum Gasteiger partial charge on any atom is 0.320 e. The van der Waals surface area contributed by atoms with Gasteiger partial charge in [0.15, 0.2) is 0 Å². The third-order valence-electron chi connectivity index (χ3n) is 3.67. The molecular formula is C16H20N4O2. The zero-order chi connectivity index (χ0) is 15.5. The molecule has 3 rings (SSSR count). The van der Waals surface area contributed by atoms with E-state index in [1.807, 2.05) is 25.1 Å². The number of carbonyl (C=O) groups is 1. The molecule has 0 spiro atoms. The van der Waals surface area contributed by atoms with Crippen LogP contribution in [0.5, 0.6) is 5.75 Å². The maximum atomic E-state index is 11.9.